The van der Waals surface area contributed by atoms with Crippen LogP contribution in [0.2, 0.25) is 0 Å². The Morgan fingerprint density at radius 3 is 1.52 bits per heavy atom. The average Bonchev–Trinajstić information content (AvgIpc) is 1.84. The first-order valence-electron chi connectivity index (χ1n) is 28.7. The topological polar surface area (TPSA) is 232 Å². The first-order valence-corrected chi connectivity index (χ1v) is 33.2. The molecule has 7 heterocycles. The number of rotatable bonds is 12. The van der Waals surface area contributed by atoms with Crippen LogP contribution < -0.4 is 24.7 Å². The number of halogens is 1. The molecule has 22 nitrogen and oxygen atoms in total. The molecular formula is C61H78BBrN10O12S2. The third-order valence-electron chi connectivity index (χ3n) is 17.0. The third-order valence-corrected chi connectivity index (χ3v) is 20.2. The number of benzene rings is 4. The van der Waals surface area contributed by atoms with Crippen LogP contribution >= 0.6 is 15.9 Å². The number of H-pyrrole nitrogens is 1. The Kier molecular flexibility index (Phi) is 18.8. The van der Waals surface area contributed by atoms with Crippen LogP contribution in [0.5, 0.6) is 11.5 Å². The molecule has 26 heteroatoms. The van der Waals surface area contributed by atoms with Gasteiger partial charge in [0.15, 0.2) is 0 Å². The Hall–Kier alpha value is -6.81. The van der Waals surface area contributed by atoms with Crippen LogP contribution in [0.4, 0.5) is 25.8 Å². The summed E-state index contributed by atoms with van der Waals surface area (Å²) in [5.41, 5.74) is 4.01. The van der Waals surface area contributed by atoms with E-state index in [4.69, 9.17) is 23.5 Å². The number of hydrogen-bond donors (Lipinski definition) is 1. The summed E-state index contributed by atoms with van der Waals surface area (Å²) in [4.78, 5) is 46.8. The van der Waals surface area contributed by atoms with Crippen LogP contribution in [0.3, 0.4) is 0 Å². The minimum Gasteiger partial charge on any atom is -0.497 e. The molecule has 0 atom stereocenters. The number of piperidine rings is 2. The van der Waals surface area contributed by atoms with E-state index in [9.17, 15) is 31.2 Å². The summed E-state index contributed by atoms with van der Waals surface area (Å²) < 4.78 is 81.3. The van der Waals surface area contributed by atoms with E-state index < -0.39 is 61.1 Å². The summed E-state index contributed by atoms with van der Waals surface area (Å²) in [5, 5.41) is 10.8. The van der Waals surface area contributed by atoms with E-state index in [2.05, 4.69) is 31.2 Å². The van der Waals surface area contributed by atoms with Crippen molar-refractivity contribution in [3.05, 3.63) is 137 Å². The number of methoxy groups -OCH3 is 2. The van der Waals surface area contributed by atoms with E-state index in [0.29, 0.717) is 83.5 Å². The highest BCUT2D eigenvalue weighted by Crippen LogP contribution is 2.43. The predicted octanol–water partition coefficient (Wildman–Crippen LogP) is 8.98. The molecule has 0 unspecified atom stereocenters. The standard InChI is InChI=1S/C25H29N5O4S.C22H26BrN3O4S.C14H23BN2O4/c1-34-23-5-3-4-19(14-23)17-30-24(31)29(18-25(30)10-12-28(13-11-25)35(2,32)33)22-8-6-20(7-9-22)21-15-26-27-16-21;1-30-20-5-3-4-17(14-20)15-26-21(27)25(19-8-6-18(23)7-9-19)16-22(26)10-12-24(13-11-22)31(2,28)29;1-12(2,3)19-11(18)17-9-10(8-16-17)15-20-13(4,5)14(6,7)21-15/h3-9,14-16H,10-13,17-18H2,1-2H3,(H,26,27);3-9,14H,10-13,15-16H2,1-2H3;8-9H,1-7H3. The number of hydrogen-bond acceptors (Lipinski definition) is 14. The number of sulfonamides is 2. The Morgan fingerprint density at radius 1 is 0.667 bits per heavy atom. The number of aromatic amines is 1. The fourth-order valence-corrected chi connectivity index (χ4v) is 13.4. The molecule has 4 aromatic carbocycles. The van der Waals surface area contributed by atoms with E-state index in [-0.39, 0.29) is 12.1 Å². The van der Waals surface area contributed by atoms with Crippen molar-refractivity contribution in [2.24, 2.45) is 0 Å². The Labute approximate surface area is 519 Å². The van der Waals surface area contributed by atoms with Crippen LogP contribution in [0.25, 0.3) is 11.1 Å². The lowest BCUT2D eigenvalue weighted by molar-refractivity contribution is 0.00578. The lowest BCUT2D eigenvalue weighted by atomic mass is 9.82. The van der Waals surface area contributed by atoms with Gasteiger partial charge in [0.2, 0.25) is 20.0 Å². The maximum absolute atomic E-state index is 13.8. The number of nitrogens with one attached hydrogen (secondary N) is 1. The van der Waals surface area contributed by atoms with Gasteiger partial charge in [0, 0.05) is 84.7 Å². The number of urea groups is 2. The lowest BCUT2D eigenvalue weighted by Gasteiger charge is -2.43. The van der Waals surface area contributed by atoms with Gasteiger partial charge in [-0.05, 0) is 152 Å². The van der Waals surface area contributed by atoms with Gasteiger partial charge in [-0.25, -0.2) is 39.8 Å². The number of amides is 4. The first-order chi connectivity index (χ1) is 40.9. The molecule has 0 aliphatic carbocycles. The first kappa shape index (κ1) is 64.7. The Bertz CT molecular complexity index is 3630. The van der Waals surface area contributed by atoms with E-state index in [1.165, 1.54) is 21.1 Å². The summed E-state index contributed by atoms with van der Waals surface area (Å²) >= 11 is 3.45. The molecule has 0 radical (unpaired) electrons. The van der Waals surface area contributed by atoms with Gasteiger partial charge in [-0.2, -0.15) is 14.9 Å². The highest BCUT2D eigenvalue weighted by Gasteiger charge is 2.55. The van der Waals surface area contributed by atoms with Crippen LogP contribution in [0, 0.1) is 0 Å². The molecule has 5 aliphatic rings. The maximum Gasteiger partial charge on any atom is 0.498 e. The molecule has 1 N–H and O–H groups in total. The van der Waals surface area contributed by atoms with Crippen LogP contribution in [-0.4, -0.2) is 174 Å². The Balaban J connectivity index is 0.000000161. The maximum atomic E-state index is 13.8. The highest BCUT2D eigenvalue weighted by atomic mass is 79.9. The van der Waals surface area contributed by atoms with Crippen LogP contribution in [-0.2, 0) is 47.2 Å². The van der Waals surface area contributed by atoms with Gasteiger partial charge < -0.3 is 33.3 Å². The molecule has 87 heavy (non-hydrogen) atoms. The quantitative estimate of drug-likeness (QED) is 0.113. The number of aromatic nitrogens is 4. The smallest absolute Gasteiger partial charge is 0.497 e. The third kappa shape index (κ3) is 14.7. The van der Waals surface area contributed by atoms with Crippen molar-refractivity contribution in [3.63, 3.8) is 0 Å². The number of carbonyl (C=O) groups is 3. The predicted molar refractivity (Wildman–Crippen MR) is 337 cm³/mol. The molecule has 4 amide bonds. The largest absolute Gasteiger partial charge is 0.498 e. The summed E-state index contributed by atoms with van der Waals surface area (Å²) in [6.07, 6.45) is 11.1. The molecule has 0 saturated carbocycles. The highest BCUT2D eigenvalue weighted by molar-refractivity contribution is 9.10. The van der Waals surface area contributed by atoms with Crippen molar-refractivity contribution in [1.82, 2.24) is 38.4 Å². The summed E-state index contributed by atoms with van der Waals surface area (Å²) in [7, 11) is -3.81. The molecule has 5 aliphatic heterocycles. The molecule has 0 bridgehead atoms. The zero-order valence-corrected chi connectivity index (χ0v) is 54.4. The van der Waals surface area contributed by atoms with Gasteiger partial charge in [0.1, 0.15) is 17.1 Å². The normalized spacial score (nSPS) is 19.2. The van der Waals surface area contributed by atoms with Crippen molar-refractivity contribution in [2.75, 3.05) is 75.8 Å². The van der Waals surface area contributed by atoms with Gasteiger partial charge in [0.25, 0.3) is 0 Å². The van der Waals surface area contributed by atoms with Gasteiger partial charge >= 0.3 is 25.3 Å². The average molecular weight is 1300 g/mol. The van der Waals surface area contributed by atoms with Crippen molar-refractivity contribution in [3.8, 4) is 22.6 Å². The lowest BCUT2D eigenvalue weighted by Crippen LogP contribution is -2.54. The second kappa shape index (κ2) is 25.4. The zero-order chi connectivity index (χ0) is 62.9. The van der Waals surface area contributed by atoms with Crippen molar-refractivity contribution < 1.29 is 54.7 Å². The van der Waals surface area contributed by atoms with Gasteiger partial charge in [-0.3, -0.25) is 14.9 Å². The van der Waals surface area contributed by atoms with Gasteiger partial charge in [-0.15, -0.1) is 0 Å². The molecule has 466 valence electrons. The Morgan fingerprint density at radius 2 is 1.11 bits per heavy atom. The summed E-state index contributed by atoms with van der Waals surface area (Å²) in [6, 6.07) is 30.9. The van der Waals surface area contributed by atoms with Crippen molar-refractivity contribution in [1.29, 1.82) is 0 Å². The van der Waals surface area contributed by atoms with Crippen molar-refractivity contribution in [2.45, 2.75) is 115 Å². The minimum absolute atomic E-state index is 0.0575. The summed E-state index contributed by atoms with van der Waals surface area (Å²) in [5.74, 6) is 1.48. The van der Waals surface area contributed by atoms with E-state index in [1.54, 1.807) is 32.8 Å². The second-order valence-electron chi connectivity index (χ2n) is 24.7. The number of carbonyl (C=O) groups excluding carboxylic acids is 3. The fourth-order valence-electron chi connectivity index (χ4n) is 11.4. The molecule has 5 saturated heterocycles. The number of nitrogens with zero attached hydrogens (tertiary/aromatic N) is 9. The summed E-state index contributed by atoms with van der Waals surface area (Å²) in [6.45, 7) is 16.9. The fraction of sp³-hybridized carbons (Fsp3) is 0.459. The van der Waals surface area contributed by atoms with Crippen molar-refractivity contribution >= 4 is 78.1 Å². The van der Waals surface area contributed by atoms with E-state index >= 15 is 0 Å². The molecule has 2 spiro atoms. The van der Waals surface area contributed by atoms with Gasteiger partial charge in [-0.1, -0.05) is 52.3 Å². The molecule has 2 aromatic heterocycles. The second-order valence-corrected chi connectivity index (χ2v) is 29.6. The van der Waals surface area contributed by atoms with Gasteiger partial charge in [0.05, 0.1) is 68.3 Å². The molecule has 5 fully saturated rings. The zero-order valence-electron chi connectivity index (χ0n) is 51.2. The molecular weight excluding hydrogens is 1220 g/mol. The van der Waals surface area contributed by atoms with E-state index in [0.717, 1.165) is 54.3 Å². The number of anilines is 2. The van der Waals surface area contributed by atoms with Crippen LogP contribution in [0.1, 0.15) is 85.3 Å². The van der Waals surface area contributed by atoms with E-state index in [1.807, 2.05) is 171 Å². The minimum atomic E-state index is -3.27. The van der Waals surface area contributed by atoms with Crippen LogP contribution in [0.15, 0.2) is 126 Å². The SMILES string of the molecule is CC(C)(C)OC(=O)n1cc(B2OC(C)(C)C(C)(C)O2)cn1.COc1cccc(CN2C(=O)N(c3ccc(-c4cn[nH]c4)cc3)CC23CCN(S(C)(=O)=O)CC3)c1.COc1cccc(CN2C(=O)N(c3ccc(Br)cc3)CC23CCN(S(C)(=O)=O)CC3)c1. The monoisotopic (exact) mass is 1300 g/mol. The molecule has 11 rings (SSSR count). The number of ether oxygens (including phenoxy) is 3. The molecule has 6 aromatic rings.